The Balaban J connectivity index is 2.06. The Bertz CT molecular complexity index is 535. The molecule has 18 heavy (non-hydrogen) atoms. The van der Waals surface area contributed by atoms with Gasteiger partial charge in [0.2, 0.25) is 0 Å². The van der Waals surface area contributed by atoms with E-state index in [-0.39, 0.29) is 5.78 Å². The molecule has 0 heterocycles. The van der Waals surface area contributed by atoms with Gasteiger partial charge in [-0.1, -0.05) is 48.5 Å². The lowest BCUT2D eigenvalue weighted by Gasteiger charge is -2.12. The van der Waals surface area contributed by atoms with Crippen LogP contribution >= 0.6 is 0 Å². The van der Waals surface area contributed by atoms with Gasteiger partial charge in [0, 0.05) is 17.8 Å². The molecule has 0 spiro atoms. The summed E-state index contributed by atoms with van der Waals surface area (Å²) >= 11 is 0. The van der Waals surface area contributed by atoms with Gasteiger partial charge in [0.1, 0.15) is 0 Å². The first kappa shape index (κ1) is 12.1. The zero-order valence-electron chi connectivity index (χ0n) is 9.86. The Morgan fingerprint density at radius 2 is 1.50 bits per heavy atom. The normalized spacial score (nSPS) is 10.5. The molecule has 0 aliphatic heterocycles. The molecule has 0 aromatic heterocycles. The number of ketones is 1. The summed E-state index contributed by atoms with van der Waals surface area (Å²) in [5, 5.41) is 1.42. The fraction of sp³-hybridized carbons (Fsp3) is 0. The van der Waals surface area contributed by atoms with Crippen molar-refractivity contribution in [3.63, 3.8) is 0 Å². The highest BCUT2D eigenvalue weighted by molar-refractivity contribution is 6.04. The molecule has 3 nitrogen and oxygen atoms in total. The van der Waals surface area contributed by atoms with E-state index in [0.717, 1.165) is 5.69 Å². The first-order chi connectivity index (χ1) is 8.77. The zero-order valence-corrected chi connectivity index (χ0v) is 9.86. The molecular formula is C15H14N2O. The van der Waals surface area contributed by atoms with E-state index in [1.807, 2.05) is 48.5 Å². The van der Waals surface area contributed by atoms with Crippen LogP contribution in [0.5, 0.6) is 0 Å². The first-order valence-corrected chi connectivity index (χ1v) is 5.64. The van der Waals surface area contributed by atoms with Crippen molar-refractivity contribution in [2.24, 2.45) is 5.84 Å². The van der Waals surface area contributed by atoms with Crippen molar-refractivity contribution in [1.82, 2.24) is 0 Å². The number of nitrogens with two attached hydrogens (primary N) is 1. The Morgan fingerprint density at radius 1 is 0.944 bits per heavy atom. The van der Waals surface area contributed by atoms with Crippen LogP contribution in [0, 0.1) is 0 Å². The fourth-order valence-corrected chi connectivity index (χ4v) is 1.53. The number of nitrogens with zero attached hydrogens (tertiary/aromatic N) is 1. The van der Waals surface area contributed by atoms with Crippen molar-refractivity contribution in [3.05, 3.63) is 78.5 Å². The second kappa shape index (κ2) is 5.80. The summed E-state index contributed by atoms with van der Waals surface area (Å²) in [4.78, 5) is 11.8. The summed E-state index contributed by atoms with van der Waals surface area (Å²) in [6.07, 6.45) is 3.02. The third-order valence-electron chi connectivity index (χ3n) is 2.50. The molecule has 0 saturated carbocycles. The topological polar surface area (TPSA) is 46.3 Å². The van der Waals surface area contributed by atoms with Crippen molar-refractivity contribution in [2.75, 3.05) is 5.01 Å². The Labute approximate surface area is 106 Å². The van der Waals surface area contributed by atoms with Gasteiger partial charge in [-0.2, -0.15) is 0 Å². The number of para-hydroxylation sites is 1. The van der Waals surface area contributed by atoms with E-state index in [4.69, 9.17) is 5.84 Å². The quantitative estimate of drug-likeness (QED) is 0.385. The van der Waals surface area contributed by atoms with E-state index in [1.54, 1.807) is 18.3 Å². The number of rotatable bonds is 4. The lowest BCUT2D eigenvalue weighted by atomic mass is 10.1. The average molecular weight is 238 g/mol. The molecule has 3 heteroatoms. The highest BCUT2D eigenvalue weighted by Gasteiger charge is 2.01. The number of anilines is 1. The van der Waals surface area contributed by atoms with Crippen molar-refractivity contribution in [1.29, 1.82) is 0 Å². The standard InChI is InChI=1S/C15H14N2O/c16-17(14-9-5-2-6-10-14)12-11-15(18)13-7-3-1-4-8-13/h1-12H,16H2/b12-11+. The number of allylic oxidation sites excluding steroid dienone is 1. The van der Waals surface area contributed by atoms with Crippen molar-refractivity contribution in [3.8, 4) is 0 Å². The number of carbonyl (C=O) groups is 1. The third kappa shape index (κ3) is 3.06. The fourth-order valence-electron chi connectivity index (χ4n) is 1.53. The van der Waals surface area contributed by atoms with Crippen LogP contribution in [-0.2, 0) is 0 Å². The molecule has 0 radical (unpaired) electrons. The van der Waals surface area contributed by atoms with Gasteiger partial charge in [-0.05, 0) is 12.1 Å². The van der Waals surface area contributed by atoms with Gasteiger partial charge in [-0.25, -0.2) is 5.84 Å². The number of carbonyl (C=O) groups excluding carboxylic acids is 1. The minimum atomic E-state index is -0.0676. The average Bonchev–Trinajstić information content (AvgIpc) is 2.46. The molecule has 2 aromatic rings. The van der Waals surface area contributed by atoms with E-state index in [2.05, 4.69) is 0 Å². The zero-order chi connectivity index (χ0) is 12.8. The molecule has 0 amide bonds. The van der Waals surface area contributed by atoms with Crippen LogP contribution in [0.1, 0.15) is 10.4 Å². The predicted octanol–water partition coefficient (Wildman–Crippen LogP) is 2.76. The predicted molar refractivity (Wildman–Crippen MR) is 73.0 cm³/mol. The SMILES string of the molecule is NN(/C=C/C(=O)c1ccccc1)c1ccccc1. The molecule has 2 rings (SSSR count). The highest BCUT2D eigenvalue weighted by atomic mass is 16.1. The third-order valence-corrected chi connectivity index (χ3v) is 2.50. The summed E-state index contributed by atoms with van der Waals surface area (Å²) in [5.74, 6) is 5.75. The minimum Gasteiger partial charge on any atom is -0.289 e. The number of hydrazine groups is 1. The van der Waals surface area contributed by atoms with E-state index in [1.165, 1.54) is 11.1 Å². The first-order valence-electron chi connectivity index (χ1n) is 5.64. The summed E-state index contributed by atoms with van der Waals surface area (Å²) < 4.78 is 0. The smallest absolute Gasteiger partial charge is 0.187 e. The molecule has 2 aromatic carbocycles. The Kier molecular flexibility index (Phi) is 3.89. The maximum absolute atomic E-state index is 11.8. The van der Waals surface area contributed by atoms with Gasteiger partial charge in [0.15, 0.2) is 5.78 Å². The molecule has 0 aliphatic rings. The van der Waals surface area contributed by atoms with Crippen LogP contribution in [0.2, 0.25) is 0 Å². The molecule has 0 atom stereocenters. The molecule has 0 unspecified atom stereocenters. The number of hydrogen-bond donors (Lipinski definition) is 1. The van der Waals surface area contributed by atoms with Crippen molar-refractivity contribution >= 4 is 11.5 Å². The molecule has 0 fully saturated rings. The van der Waals surface area contributed by atoms with Gasteiger partial charge in [-0.3, -0.25) is 9.80 Å². The summed E-state index contributed by atoms with van der Waals surface area (Å²) in [7, 11) is 0. The van der Waals surface area contributed by atoms with E-state index in [9.17, 15) is 4.79 Å². The van der Waals surface area contributed by atoms with Crippen LogP contribution in [0.3, 0.4) is 0 Å². The van der Waals surface area contributed by atoms with E-state index >= 15 is 0 Å². The van der Waals surface area contributed by atoms with Gasteiger partial charge in [-0.15, -0.1) is 0 Å². The maximum Gasteiger partial charge on any atom is 0.187 e. The summed E-state index contributed by atoms with van der Waals surface area (Å²) in [6.45, 7) is 0. The molecule has 2 N–H and O–H groups in total. The highest BCUT2D eigenvalue weighted by Crippen LogP contribution is 2.09. The largest absolute Gasteiger partial charge is 0.289 e. The van der Waals surface area contributed by atoms with Gasteiger partial charge >= 0.3 is 0 Å². The molecular weight excluding hydrogens is 224 g/mol. The Morgan fingerprint density at radius 3 is 2.11 bits per heavy atom. The second-order valence-corrected chi connectivity index (χ2v) is 3.79. The molecule has 90 valence electrons. The van der Waals surface area contributed by atoms with Crippen LogP contribution in [0.25, 0.3) is 0 Å². The van der Waals surface area contributed by atoms with Gasteiger partial charge in [0.25, 0.3) is 0 Å². The van der Waals surface area contributed by atoms with Crippen molar-refractivity contribution in [2.45, 2.75) is 0 Å². The minimum absolute atomic E-state index is 0.0676. The summed E-state index contributed by atoms with van der Waals surface area (Å²) in [6, 6.07) is 18.5. The lowest BCUT2D eigenvalue weighted by Crippen LogP contribution is -2.24. The van der Waals surface area contributed by atoms with Crippen LogP contribution in [-0.4, -0.2) is 5.78 Å². The number of benzene rings is 2. The monoisotopic (exact) mass is 238 g/mol. The maximum atomic E-state index is 11.8. The van der Waals surface area contributed by atoms with Crippen LogP contribution in [0.15, 0.2) is 72.9 Å². The van der Waals surface area contributed by atoms with Gasteiger partial charge in [0.05, 0.1) is 5.69 Å². The van der Waals surface area contributed by atoms with E-state index in [0.29, 0.717) is 5.56 Å². The number of hydrogen-bond acceptors (Lipinski definition) is 3. The molecule has 0 bridgehead atoms. The Hall–Kier alpha value is -2.39. The van der Waals surface area contributed by atoms with E-state index < -0.39 is 0 Å². The molecule has 0 aliphatic carbocycles. The van der Waals surface area contributed by atoms with Crippen LogP contribution < -0.4 is 10.9 Å². The van der Waals surface area contributed by atoms with Crippen LogP contribution in [0.4, 0.5) is 5.69 Å². The van der Waals surface area contributed by atoms with Crippen molar-refractivity contribution < 1.29 is 4.79 Å². The van der Waals surface area contributed by atoms with Gasteiger partial charge < -0.3 is 0 Å². The lowest BCUT2D eigenvalue weighted by molar-refractivity contribution is 0.104. The second-order valence-electron chi connectivity index (χ2n) is 3.79. The molecule has 0 saturated heterocycles. The summed E-state index contributed by atoms with van der Waals surface area (Å²) in [5.41, 5.74) is 1.48.